The van der Waals surface area contributed by atoms with Crippen molar-refractivity contribution < 1.29 is 9.53 Å². The number of nitrogens with zero attached hydrogens (tertiary/aromatic N) is 5. The highest BCUT2D eigenvalue weighted by Gasteiger charge is 2.20. The van der Waals surface area contributed by atoms with Gasteiger partial charge in [-0.1, -0.05) is 18.2 Å². The largest absolute Gasteiger partial charge is 0.383 e. The van der Waals surface area contributed by atoms with Crippen LogP contribution in [0.1, 0.15) is 34.7 Å². The van der Waals surface area contributed by atoms with Gasteiger partial charge in [0.25, 0.3) is 5.56 Å². The molecule has 0 saturated carbocycles. The minimum Gasteiger partial charge on any atom is -0.383 e. The van der Waals surface area contributed by atoms with Gasteiger partial charge in [0.15, 0.2) is 11.4 Å². The van der Waals surface area contributed by atoms with Crippen molar-refractivity contribution in [3.05, 3.63) is 76.2 Å². The summed E-state index contributed by atoms with van der Waals surface area (Å²) >= 11 is 0. The van der Waals surface area contributed by atoms with Gasteiger partial charge in [-0.25, -0.2) is 9.67 Å². The van der Waals surface area contributed by atoms with Gasteiger partial charge in [0.2, 0.25) is 0 Å². The monoisotopic (exact) mass is 419 g/mol. The molecular weight excluding hydrogens is 394 g/mol. The smallest absolute Gasteiger partial charge is 0.264 e. The lowest BCUT2D eigenvalue weighted by Gasteiger charge is -2.17. The number of hydrogen-bond acceptors (Lipinski definition) is 5. The molecule has 4 aromatic rings. The molecule has 0 bridgehead atoms. The van der Waals surface area contributed by atoms with Crippen LogP contribution in [-0.4, -0.2) is 43.4 Å². The number of fused-ring (bicyclic) bond motifs is 1. The SMILES string of the molecule is COC[C@@H](C)n1c(C)cc(C(=O)Cn2cnc3c(cnn3-c3ccccc3)c2=O)c1C. The number of ketones is 1. The number of para-hydroxylation sites is 1. The average molecular weight is 419 g/mol. The van der Waals surface area contributed by atoms with Gasteiger partial charge in [-0.2, -0.15) is 5.10 Å². The first-order valence-electron chi connectivity index (χ1n) is 10.1. The topological polar surface area (TPSA) is 83.9 Å². The van der Waals surface area contributed by atoms with E-state index in [0.29, 0.717) is 23.2 Å². The third kappa shape index (κ3) is 3.70. The number of aromatic nitrogens is 5. The Labute approximate surface area is 179 Å². The van der Waals surface area contributed by atoms with Crippen molar-refractivity contribution >= 4 is 16.8 Å². The maximum Gasteiger partial charge on any atom is 0.264 e. The Morgan fingerprint density at radius 2 is 1.94 bits per heavy atom. The normalized spacial score (nSPS) is 12.4. The Kier molecular flexibility index (Phi) is 5.56. The number of Topliss-reactive ketones (excluding diaryl/α,β-unsaturated/α-hetero) is 1. The van der Waals surface area contributed by atoms with Crippen LogP contribution < -0.4 is 5.56 Å². The first-order valence-corrected chi connectivity index (χ1v) is 10.1. The molecule has 1 atom stereocenters. The molecule has 8 nitrogen and oxygen atoms in total. The molecule has 0 aliphatic carbocycles. The number of carbonyl (C=O) groups is 1. The van der Waals surface area contributed by atoms with Crippen LogP contribution in [0.15, 0.2) is 53.7 Å². The Morgan fingerprint density at radius 3 is 2.65 bits per heavy atom. The van der Waals surface area contributed by atoms with Gasteiger partial charge in [-0.15, -0.1) is 0 Å². The standard InChI is InChI=1S/C23H25N5O3/c1-15-10-19(17(3)27(15)16(2)13-31-4)21(29)12-26-14-24-22-20(23(26)30)11-25-28(22)18-8-6-5-7-9-18/h5-11,14,16H,12-13H2,1-4H3/t16-/m1/s1. The average Bonchev–Trinajstić information content (AvgIpc) is 3.32. The van der Waals surface area contributed by atoms with Crippen molar-refractivity contribution in [1.29, 1.82) is 0 Å². The Hall–Kier alpha value is -3.52. The van der Waals surface area contributed by atoms with Crippen molar-refractivity contribution in [2.24, 2.45) is 0 Å². The van der Waals surface area contributed by atoms with E-state index < -0.39 is 0 Å². The second kappa shape index (κ2) is 8.31. The Balaban J connectivity index is 1.65. The van der Waals surface area contributed by atoms with Crippen LogP contribution in [0.5, 0.6) is 0 Å². The van der Waals surface area contributed by atoms with Gasteiger partial charge in [0.1, 0.15) is 11.7 Å². The summed E-state index contributed by atoms with van der Waals surface area (Å²) in [4.78, 5) is 30.4. The molecule has 160 valence electrons. The van der Waals surface area contributed by atoms with E-state index in [1.54, 1.807) is 11.8 Å². The molecule has 0 saturated heterocycles. The summed E-state index contributed by atoms with van der Waals surface area (Å²) < 4.78 is 10.3. The maximum atomic E-state index is 13.0. The summed E-state index contributed by atoms with van der Waals surface area (Å²) in [5.41, 5.74) is 3.44. The lowest BCUT2D eigenvalue weighted by Crippen LogP contribution is -2.25. The van der Waals surface area contributed by atoms with Crippen LogP contribution in [-0.2, 0) is 11.3 Å². The predicted molar refractivity (Wildman–Crippen MR) is 118 cm³/mol. The number of methoxy groups -OCH3 is 1. The van der Waals surface area contributed by atoms with E-state index in [9.17, 15) is 9.59 Å². The quantitative estimate of drug-likeness (QED) is 0.430. The van der Waals surface area contributed by atoms with Gasteiger partial charge >= 0.3 is 0 Å². The highest BCUT2D eigenvalue weighted by atomic mass is 16.5. The highest BCUT2D eigenvalue weighted by molar-refractivity contribution is 5.97. The van der Waals surface area contributed by atoms with E-state index in [2.05, 4.69) is 14.6 Å². The van der Waals surface area contributed by atoms with E-state index in [0.717, 1.165) is 17.1 Å². The number of benzene rings is 1. The van der Waals surface area contributed by atoms with E-state index in [4.69, 9.17) is 4.74 Å². The van der Waals surface area contributed by atoms with Crippen LogP contribution in [0, 0.1) is 13.8 Å². The van der Waals surface area contributed by atoms with E-state index in [-0.39, 0.29) is 23.9 Å². The molecule has 8 heteroatoms. The lowest BCUT2D eigenvalue weighted by atomic mass is 10.1. The molecule has 31 heavy (non-hydrogen) atoms. The number of aryl methyl sites for hydroxylation is 1. The molecule has 3 heterocycles. The molecule has 0 aliphatic rings. The fraction of sp³-hybridized carbons (Fsp3) is 0.304. The van der Waals surface area contributed by atoms with Crippen molar-refractivity contribution in [1.82, 2.24) is 23.9 Å². The molecule has 4 rings (SSSR count). The van der Waals surface area contributed by atoms with Gasteiger partial charge in [-0.3, -0.25) is 14.2 Å². The number of ether oxygens (including phenoxy) is 1. The van der Waals surface area contributed by atoms with Gasteiger partial charge < -0.3 is 9.30 Å². The minimum absolute atomic E-state index is 0.0821. The molecule has 1 aromatic carbocycles. The van der Waals surface area contributed by atoms with Crippen LogP contribution in [0.25, 0.3) is 16.7 Å². The van der Waals surface area contributed by atoms with Gasteiger partial charge in [-0.05, 0) is 39.0 Å². The zero-order chi connectivity index (χ0) is 22.1. The Morgan fingerprint density at radius 1 is 1.19 bits per heavy atom. The second-order valence-electron chi connectivity index (χ2n) is 7.69. The predicted octanol–water partition coefficient (Wildman–Crippen LogP) is 3.09. The zero-order valence-electron chi connectivity index (χ0n) is 18.1. The zero-order valence-corrected chi connectivity index (χ0v) is 18.1. The van der Waals surface area contributed by atoms with Crippen molar-refractivity contribution in [3.63, 3.8) is 0 Å². The fourth-order valence-corrected chi connectivity index (χ4v) is 4.11. The molecular formula is C23H25N5O3. The molecule has 0 fully saturated rings. The molecule has 0 unspecified atom stereocenters. The number of hydrogen-bond donors (Lipinski definition) is 0. The van der Waals surface area contributed by atoms with Crippen LogP contribution in [0.4, 0.5) is 0 Å². The van der Waals surface area contributed by atoms with Crippen molar-refractivity contribution in [3.8, 4) is 5.69 Å². The van der Waals surface area contributed by atoms with Gasteiger partial charge in [0, 0.05) is 24.1 Å². The summed E-state index contributed by atoms with van der Waals surface area (Å²) in [7, 11) is 1.66. The minimum atomic E-state index is -0.290. The molecule has 0 amide bonds. The molecule has 0 radical (unpaired) electrons. The molecule has 3 aromatic heterocycles. The third-order valence-corrected chi connectivity index (χ3v) is 5.50. The van der Waals surface area contributed by atoms with Gasteiger partial charge in [0.05, 0.1) is 31.1 Å². The second-order valence-corrected chi connectivity index (χ2v) is 7.69. The van der Waals surface area contributed by atoms with E-state index >= 15 is 0 Å². The highest BCUT2D eigenvalue weighted by Crippen LogP contribution is 2.21. The summed E-state index contributed by atoms with van der Waals surface area (Å²) in [5.74, 6) is -0.136. The summed E-state index contributed by atoms with van der Waals surface area (Å²) in [6.45, 7) is 6.40. The van der Waals surface area contributed by atoms with Crippen LogP contribution in [0.3, 0.4) is 0 Å². The lowest BCUT2D eigenvalue weighted by molar-refractivity contribution is 0.0969. The van der Waals surface area contributed by atoms with Crippen molar-refractivity contribution in [2.75, 3.05) is 13.7 Å². The number of carbonyl (C=O) groups excluding carboxylic acids is 1. The Bertz CT molecular complexity index is 1300. The van der Waals surface area contributed by atoms with E-state index in [1.807, 2.05) is 57.2 Å². The summed E-state index contributed by atoms with van der Waals surface area (Å²) in [6.07, 6.45) is 2.91. The first-order chi connectivity index (χ1) is 14.9. The van der Waals surface area contributed by atoms with Crippen LogP contribution in [0.2, 0.25) is 0 Å². The fourth-order valence-electron chi connectivity index (χ4n) is 4.11. The summed E-state index contributed by atoms with van der Waals surface area (Å²) in [5, 5.41) is 4.68. The first kappa shape index (κ1) is 20.7. The maximum absolute atomic E-state index is 13.0. The summed E-state index contributed by atoms with van der Waals surface area (Å²) in [6, 6.07) is 11.5. The third-order valence-electron chi connectivity index (χ3n) is 5.50. The van der Waals surface area contributed by atoms with E-state index in [1.165, 1.54) is 17.1 Å². The molecule has 0 spiro atoms. The molecule has 0 N–H and O–H groups in total. The van der Waals surface area contributed by atoms with Crippen molar-refractivity contribution in [2.45, 2.75) is 33.4 Å². The number of rotatable bonds is 7. The molecule has 0 aliphatic heterocycles. The van der Waals surface area contributed by atoms with Crippen LogP contribution >= 0.6 is 0 Å².